The molecule has 0 fully saturated rings. The molecule has 0 heterocycles. The second-order valence-corrected chi connectivity index (χ2v) is 12.1. The summed E-state index contributed by atoms with van der Waals surface area (Å²) in [6.07, 6.45) is 3.16. The molecule has 2 aromatic rings. The van der Waals surface area contributed by atoms with Crippen molar-refractivity contribution in [1.82, 2.24) is 10.2 Å². The first-order valence-corrected chi connectivity index (χ1v) is 15.1. The van der Waals surface area contributed by atoms with Crippen LogP contribution in [0, 0.1) is 6.92 Å². The van der Waals surface area contributed by atoms with Crippen LogP contribution in [-0.4, -0.2) is 50.5 Å². The highest BCUT2D eigenvalue weighted by Crippen LogP contribution is 2.27. The molecule has 0 saturated heterocycles. The quantitative estimate of drug-likeness (QED) is 0.297. The Morgan fingerprint density at radius 1 is 1.03 bits per heavy atom. The Kier molecular flexibility index (Phi) is 12.0. The molecule has 0 aliphatic carbocycles. The highest BCUT2D eigenvalue weighted by Gasteiger charge is 2.27. The topological polar surface area (TPSA) is 86.8 Å². The molecule has 204 valence electrons. The van der Waals surface area contributed by atoms with Gasteiger partial charge in [0.15, 0.2) is 0 Å². The van der Waals surface area contributed by atoms with E-state index in [1.807, 2.05) is 6.92 Å². The molecule has 0 radical (unpaired) electrons. The number of carbonyl (C=O) groups excluding carboxylic acids is 2. The van der Waals surface area contributed by atoms with Gasteiger partial charge in [0.2, 0.25) is 21.8 Å². The summed E-state index contributed by atoms with van der Waals surface area (Å²) in [6, 6.07) is 9.27. The summed E-state index contributed by atoms with van der Waals surface area (Å²) >= 11 is 18.5. The molecule has 0 spiro atoms. The van der Waals surface area contributed by atoms with Gasteiger partial charge < -0.3 is 10.2 Å². The van der Waals surface area contributed by atoms with Gasteiger partial charge >= 0.3 is 0 Å². The van der Waals surface area contributed by atoms with E-state index < -0.39 is 16.1 Å². The minimum absolute atomic E-state index is 0.0312. The van der Waals surface area contributed by atoms with Crippen LogP contribution in [0.1, 0.15) is 50.7 Å². The normalized spacial score (nSPS) is 12.2. The molecule has 0 aliphatic heterocycles. The fourth-order valence-corrected chi connectivity index (χ4v) is 5.44. The average Bonchev–Trinajstić information content (AvgIpc) is 2.82. The van der Waals surface area contributed by atoms with Crippen molar-refractivity contribution in [1.29, 1.82) is 0 Å². The molecule has 2 aromatic carbocycles. The van der Waals surface area contributed by atoms with E-state index >= 15 is 0 Å². The molecule has 0 aliphatic rings. The van der Waals surface area contributed by atoms with Crippen LogP contribution in [0.25, 0.3) is 0 Å². The molecular formula is C26H34Cl3N3O4S. The van der Waals surface area contributed by atoms with Crippen LogP contribution in [0.4, 0.5) is 5.69 Å². The number of amides is 2. The number of nitrogens with zero attached hydrogens (tertiary/aromatic N) is 2. The third-order valence-corrected chi connectivity index (χ3v) is 7.95. The number of carbonyl (C=O) groups is 2. The smallest absolute Gasteiger partial charge is 0.242 e. The third kappa shape index (κ3) is 9.36. The third-order valence-electron chi connectivity index (χ3n) is 5.94. The summed E-state index contributed by atoms with van der Waals surface area (Å²) < 4.78 is 26.3. The van der Waals surface area contributed by atoms with Gasteiger partial charge in [-0.15, -0.1) is 0 Å². The first-order valence-electron chi connectivity index (χ1n) is 12.1. The number of benzene rings is 2. The van der Waals surface area contributed by atoms with Gasteiger partial charge in [-0.3, -0.25) is 13.9 Å². The zero-order valence-electron chi connectivity index (χ0n) is 21.6. The highest BCUT2D eigenvalue weighted by atomic mass is 35.5. The van der Waals surface area contributed by atoms with Crippen LogP contribution in [0.5, 0.6) is 0 Å². The van der Waals surface area contributed by atoms with Crippen LogP contribution in [0.15, 0.2) is 36.4 Å². The molecule has 7 nitrogen and oxygen atoms in total. The lowest BCUT2D eigenvalue weighted by atomic mass is 10.1. The van der Waals surface area contributed by atoms with Gasteiger partial charge in [0.05, 0.1) is 11.9 Å². The average molecular weight is 591 g/mol. The fraction of sp³-hybridized carbons (Fsp3) is 0.462. The summed E-state index contributed by atoms with van der Waals surface area (Å²) in [7, 11) is -3.62. The van der Waals surface area contributed by atoms with Crippen LogP contribution < -0.4 is 9.62 Å². The van der Waals surface area contributed by atoms with Gasteiger partial charge in [-0.05, 0) is 62.1 Å². The Bertz CT molecular complexity index is 1210. The van der Waals surface area contributed by atoms with Crippen molar-refractivity contribution in [2.24, 2.45) is 0 Å². The van der Waals surface area contributed by atoms with E-state index in [0.717, 1.165) is 24.7 Å². The minimum atomic E-state index is -3.62. The van der Waals surface area contributed by atoms with Gasteiger partial charge in [0.1, 0.15) is 6.04 Å². The molecule has 2 amide bonds. The number of anilines is 1. The largest absolute Gasteiger partial charge is 0.354 e. The molecule has 0 aromatic heterocycles. The summed E-state index contributed by atoms with van der Waals surface area (Å²) in [4.78, 5) is 27.6. The minimum Gasteiger partial charge on any atom is -0.354 e. The van der Waals surface area contributed by atoms with Crippen molar-refractivity contribution >= 4 is 62.3 Å². The predicted octanol–water partition coefficient (Wildman–Crippen LogP) is 5.84. The highest BCUT2D eigenvalue weighted by molar-refractivity contribution is 7.92. The lowest BCUT2D eigenvalue weighted by Crippen LogP contribution is -2.48. The van der Waals surface area contributed by atoms with E-state index in [0.29, 0.717) is 32.9 Å². The van der Waals surface area contributed by atoms with E-state index in [4.69, 9.17) is 34.8 Å². The van der Waals surface area contributed by atoms with Gasteiger partial charge in [-0.2, -0.15) is 0 Å². The lowest BCUT2D eigenvalue weighted by molar-refractivity contribution is -0.140. The van der Waals surface area contributed by atoms with Crippen LogP contribution in [0.2, 0.25) is 15.1 Å². The second-order valence-electron chi connectivity index (χ2n) is 8.95. The maximum atomic E-state index is 13.4. The van der Waals surface area contributed by atoms with E-state index in [1.54, 1.807) is 50.2 Å². The van der Waals surface area contributed by atoms with E-state index in [9.17, 15) is 18.0 Å². The second kappa shape index (κ2) is 14.2. The van der Waals surface area contributed by atoms with E-state index in [-0.39, 0.29) is 37.7 Å². The lowest BCUT2D eigenvalue weighted by Gasteiger charge is -2.30. The number of unbranched alkanes of at least 4 members (excludes halogenated alkanes) is 1. The zero-order chi connectivity index (χ0) is 27.8. The molecule has 11 heteroatoms. The molecular weight excluding hydrogens is 557 g/mol. The molecule has 37 heavy (non-hydrogen) atoms. The molecule has 1 atom stereocenters. The Morgan fingerprint density at radius 2 is 1.68 bits per heavy atom. The first kappa shape index (κ1) is 31.2. The van der Waals surface area contributed by atoms with Crippen LogP contribution in [-0.2, 0) is 26.2 Å². The number of nitrogens with one attached hydrogen (secondary N) is 1. The molecule has 0 bridgehead atoms. The summed E-state index contributed by atoms with van der Waals surface area (Å²) in [5.41, 5.74) is 1.87. The van der Waals surface area contributed by atoms with Crippen molar-refractivity contribution in [3.8, 4) is 0 Å². The summed E-state index contributed by atoms with van der Waals surface area (Å²) in [6.45, 7) is 6.20. The fourth-order valence-electron chi connectivity index (χ4n) is 3.79. The molecule has 1 N–H and O–H groups in total. The number of halogens is 3. The van der Waals surface area contributed by atoms with Crippen molar-refractivity contribution < 1.29 is 18.0 Å². The van der Waals surface area contributed by atoms with Gasteiger partial charge in [0, 0.05) is 41.1 Å². The van der Waals surface area contributed by atoms with Gasteiger partial charge in [0.25, 0.3) is 0 Å². The van der Waals surface area contributed by atoms with Crippen LogP contribution >= 0.6 is 34.8 Å². The maximum Gasteiger partial charge on any atom is 0.242 e. The predicted molar refractivity (Wildman–Crippen MR) is 152 cm³/mol. The number of hydrogen-bond acceptors (Lipinski definition) is 4. The van der Waals surface area contributed by atoms with Crippen molar-refractivity contribution in [3.63, 3.8) is 0 Å². The standard InChI is InChI=1S/C26H34Cl3N3O4S/c1-5-6-13-30-26(34)19(3)31(17-20-10-12-21(27)15-23(20)29)25(33)8-7-14-32(37(4,35)36)24-16-22(28)11-9-18(24)2/h9-12,15-16,19H,5-8,13-14,17H2,1-4H3,(H,30,34)/t19-/m0/s1. The number of aryl methyl sites for hydroxylation is 1. The van der Waals surface area contributed by atoms with Gasteiger partial charge in [-0.1, -0.05) is 60.3 Å². The number of sulfonamides is 1. The Hall–Kier alpha value is -2.00. The van der Waals surface area contributed by atoms with Crippen molar-refractivity contribution in [2.75, 3.05) is 23.7 Å². The molecule has 0 unspecified atom stereocenters. The summed E-state index contributed by atoms with van der Waals surface area (Å²) in [5.74, 6) is -0.556. The Morgan fingerprint density at radius 3 is 2.30 bits per heavy atom. The Labute approximate surface area is 235 Å². The molecule has 0 saturated carbocycles. The Balaban J connectivity index is 2.22. The number of hydrogen-bond donors (Lipinski definition) is 1. The van der Waals surface area contributed by atoms with E-state index in [1.165, 1.54) is 9.21 Å². The first-order chi connectivity index (χ1) is 17.3. The summed E-state index contributed by atoms with van der Waals surface area (Å²) in [5, 5.41) is 4.14. The number of rotatable bonds is 13. The van der Waals surface area contributed by atoms with E-state index in [2.05, 4.69) is 5.32 Å². The zero-order valence-corrected chi connectivity index (χ0v) is 24.6. The van der Waals surface area contributed by atoms with Gasteiger partial charge in [-0.25, -0.2) is 8.42 Å². The molecule has 2 rings (SSSR count). The maximum absolute atomic E-state index is 13.4. The van der Waals surface area contributed by atoms with Crippen LogP contribution in [0.3, 0.4) is 0 Å². The van der Waals surface area contributed by atoms with Crippen molar-refractivity contribution in [3.05, 3.63) is 62.6 Å². The van der Waals surface area contributed by atoms with Crippen molar-refractivity contribution in [2.45, 2.75) is 59.0 Å². The SMILES string of the molecule is CCCCNC(=O)[C@H](C)N(Cc1ccc(Cl)cc1Cl)C(=O)CCCN(c1cc(Cl)ccc1C)S(C)(=O)=O. The monoisotopic (exact) mass is 589 g/mol.